The fraction of sp³-hybridized carbons (Fsp3) is 1.00. The molecule has 0 aromatic heterocycles. The van der Waals surface area contributed by atoms with Crippen LogP contribution in [0.4, 0.5) is 0 Å². The fourth-order valence-corrected chi connectivity index (χ4v) is 3.24. The minimum Gasteiger partial charge on any atom is -0.315 e. The lowest BCUT2D eigenvalue weighted by molar-refractivity contribution is 0.300. The van der Waals surface area contributed by atoms with Crippen LogP contribution < -0.4 is 5.32 Å². The van der Waals surface area contributed by atoms with Gasteiger partial charge in [-0.15, -0.1) is 0 Å². The summed E-state index contributed by atoms with van der Waals surface area (Å²) in [5, 5.41) is 3.64. The van der Waals surface area contributed by atoms with Crippen molar-refractivity contribution in [1.29, 1.82) is 0 Å². The van der Waals surface area contributed by atoms with Crippen molar-refractivity contribution in [2.45, 2.75) is 90.0 Å². The molecule has 1 unspecified atom stereocenters. The summed E-state index contributed by atoms with van der Waals surface area (Å²) in [5.74, 6) is 0. The van der Waals surface area contributed by atoms with Gasteiger partial charge in [0, 0.05) is 12.6 Å². The van der Waals surface area contributed by atoms with Crippen molar-refractivity contribution in [2.75, 3.05) is 26.7 Å². The number of nitrogens with one attached hydrogen (secondary N) is 1. The lowest BCUT2D eigenvalue weighted by atomic mass is 10.1. The zero-order chi connectivity index (χ0) is 14.5. The second-order valence-corrected chi connectivity index (χ2v) is 6.66. The van der Waals surface area contributed by atoms with E-state index in [0.717, 1.165) is 6.04 Å². The van der Waals surface area contributed by atoms with Crippen LogP contribution in [0.15, 0.2) is 0 Å². The van der Waals surface area contributed by atoms with Crippen molar-refractivity contribution in [3.8, 4) is 0 Å². The van der Waals surface area contributed by atoms with E-state index < -0.39 is 0 Å². The summed E-state index contributed by atoms with van der Waals surface area (Å²) >= 11 is 0. The highest BCUT2D eigenvalue weighted by Gasteiger charge is 2.19. The van der Waals surface area contributed by atoms with E-state index in [9.17, 15) is 0 Å². The molecular weight excluding hydrogens is 244 g/mol. The van der Waals surface area contributed by atoms with Gasteiger partial charge >= 0.3 is 0 Å². The topological polar surface area (TPSA) is 15.3 Å². The maximum absolute atomic E-state index is 3.64. The largest absolute Gasteiger partial charge is 0.315 e. The van der Waals surface area contributed by atoms with Crippen molar-refractivity contribution < 1.29 is 0 Å². The summed E-state index contributed by atoms with van der Waals surface area (Å²) in [6.07, 6.45) is 17.1. The molecule has 0 aromatic rings. The van der Waals surface area contributed by atoms with Crippen molar-refractivity contribution in [2.24, 2.45) is 0 Å². The lowest BCUT2D eigenvalue weighted by Gasteiger charge is -2.19. The van der Waals surface area contributed by atoms with Gasteiger partial charge in [-0.3, -0.25) is 0 Å². The molecule has 1 aliphatic heterocycles. The second kappa shape index (κ2) is 12.6. The number of likely N-dealkylation sites (tertiary alicyclic amines) is 1. The van der Waals surface area contributed by atoms with Gasteiger partial charge in [0.05, 0.1) is 0 Å². The van der Waals surface area contributed by atoms with Gasteiger partial charge in [0.1, 0.15) is 0 Å². The molecule has 1 rings (SSSR count). The van der Waals surface area contributed by atoms with Crippen LogP contribution in [-0.4, -0.2) is 37.6 Å². The van der Waals surface area contributed by atoms with E-state index in [0.29, 0.717) is 0 Å². The Morgan fingerprint density at radius 2 is 1.50 bits per heavy atom. The van der Waals surface area contributed by atoms with Crippen LogP contribution in [0.5, 0.6) is 0 Å². The quantitative estimate of drug-likeness (QED) is 0.497. The number of rotatable bonds is 13. The van der Waals surface area contributed by atoms with Gasteiger partial charge in [0.15, 0.2) is 0 Å². The maximum Gasteiger partial charge on any atom is 0.0218 e. The standard InChI is InChI=1S/C18H38N2/c1-3-4-5-6-7-8-9-10-11-12-15-19-17-18-14-13-16-20(18)2/h18-19H,3-17H2,1-2H3. The Hall–Kier alpha value is -0.0800. The van der Waals surface area contributed by atoms with E-state index in [1.165, 1.54) is 96.7 Å². The molecule has 0 bridgehead atoms. The van der Waals surface area contributed by atoms with Gasteiger partial charge in [-0.05, 0) is 39.4 Å². The van der Waals surface area contributed by atoms with Crippen LogP contribution in [0.3, 0.4) is 0 Å². The summed E-state index contributed by atoms with van der Waals surface area (Å²) in [6.45, 7) is 6.01. The Morgan fingerprint density at radius 3 is 2.05 bits per heavy atom. The molecule has 0 radical (unpaired) electrons. The zero-order valence-corrected chi connectivity index (χ0v) is 14.1. The average molecular weight is 283 g/mol. The molecular formula is C18H38N2. The van der Waals surface area contributed by atoms with E-state index in [1.807, 2.05) is 0 Å². The van der Waals surface area contributed by atoms with E-state index in [4.69, 9.17) is 0 Å². The molecule has 1 N–H and O–H groups in total. The van der Waals surface area contributed by atoms with Crippen molar-refractivity contribution in [3.05, 3.63) is 0 Å². The molecule has 0 spiro atoms. The van der Waals surface area contributed by atoms with Crippen molar-refractivity contribution >= 4 is 0 Å². The van der Waals surface area contributed by atoms with E-state index in [2.05, 4.69) is 24.2 Å². The van der Waals surface area contributed by atoms with Gasteiger partial charge in [-0.2, -0.15) is 0 Å². The van der Waals surface area contributed by atoms with E-state index in [-0.39, 0.29) is 0 Å². The highest BCUT2D eigenvalue weighted by Crippen LogP contribution is 2.13. The third kappa shape index (κ3) is 8.97. The van der Waals surface area contributed by atoms with Gasteiger partial charge < -0.3 is 10.2 Å². The normalized spacial score (nSPS) is 19.8. The molecule has 1 fully saturated rings. The highest BCUT2D eigenvalue weighted by atomic mass is 15.2. The van der Waals surface area contributed by atoms with Crippen LogP contribution in [0.1, 0.15) is 84.0 Å². The zero-order valence-electron chi connectivity index (χ0n) is 14.1. The Morgan fingerprint density at radius 1 is 0.900 bits per heavy atom. The Kier molecular flexibility index (Phi) is 11.4. The minimum absolute atomic E-state index is 0.804. The van der Waals surface area contributed by atoms with Crippen LogP contribution in [-0.2, 0) is 0 Å². The first kappa shape index (κ1) is 18.0. The molecule has 0 amide bonds. The van der Waals surface area contributed by atoms with Crippen LogP contribution >= 0.6 is 0 Å². The number of hydrogen-bond donors (Lipinski definition) is 1. The van der Waals surface area contributed by atoms with Crippen LogP contribution in [0, 0.1) is 0 Å². The van der Waals surface area contributed by atoms with E-state index in [1.54, 1.807) is 0 Å². The molecule has 0 aliphatic carbocycles. The number of nitrogens with zero attached hydrogens (tertiary/aromatic N) is 1. The highest BCUT2D eigenvalue weighted by molar-refractivity contribution is 4.77. The summed E-state index contributed by atoms with van der Waals surface area (Å²) < 4.78 is 0. The van der Waals surface area contributed by atoms with Gasteiger partial charge in [-0.1, -0.05) is 64.7 Å². The van der Waals surface area contributed by atoms with Crippen LogP contribution in [0.2, 0.25) is 0 Å². The predicted molar refractivity (Wildman–Crippen MR) is 90.4 cm³/mol. The lowest BCUT2D eigenvalue weighted by Crippen LogP contribution is -2.35. The third-order valence-corrected chi connectivity index (χ3v) is 4.76. The summed E-state index contributed by atoms with van der Waals surface area (Å²) in [6, 6.07) is 0.804. The molecule has 1 saturated heterocycles. The molecule has 1 aliphatic rings. The monoisotopic (exact) mass is 282 g/mol. The molecule has 20 heavy (non-hydrogen) atoms. The number of unbranched alkanes of at least 4 members (excludes halogenated alkanes) is 9. The van der Waals surface area contributed by atoms with Crippen molar-refractivity contribution in [1.82, 2.24) is 10.2 Å². The van der Waals surface area contributed by atoms with Gasteiger partial charge in [0.25, 0.3) is 0 Å². The molecule has 1 heterocycles. The van der Waals surface area contributed by atoms with Crippen molar-refractivity contribution in [3.63, 3.8) is 0 Å². The Labute approximate surface area is 127 Å². The summed E-state index contributed by atoms with van der Waals surface area (Å²) in [7, 11) is 2.26. The molecule has 2 heteroatoms. The molecule has 0 saturated carbocycles. The molecule has 120 valence electrons. The van der Waals surface area contributed by atoms with Gasteiger partial charge in [-0.25, -0.2) is 0 Å². The molecule has 2 nitrogen and oxygen atoms in total. The first-order valence-electron chi connectivity index (χ1n) is 9.25. The maximum atomic E-state index is 3.64. The van der Waals surface area contributed by atoms with Crippen LogP contribution in [0.25, 0.3) is 0 Å². The summed E-state index contributed by atoms with van der Waals surface area (Å²) in [5.41, 5.74) is 0. The smallest absolute Gasteiger partial charge is 0.0218 e. The van der Waals surface area contributed by atoms with Gasteiger partial charge in [0.2, 0.25) is 0 Å². The molecule has 1 atom stereocenters. The summed E-state index contributed by atoms with van der Waals surface area (Å²) in [4.78, 5) is 2.51. The average Bonchev–Trinajstić information content (AvgIpc) is 2.85. The molecule has 0 aromatic carbocycles. The number of hydrogen-bond acceptors (Lipinski definition) is 2. The first-order chi connectivity index (χ1) is 9.84. The number of likely N-dealkylation sites (N-methyl/N-ethyl adjacent to an activating group) is 1. The second-order valence-electron chi connectivity index (χ2n) is 6.66. The minimum atomic E-state index is 0.804. The third-order valence-electron chi connectivity index (χ3n) is 4.76. The predicted octanol–water partition coefficient (Wildman–Crippen LogP) is 4.59. The fourth-order valence-electron chi connectivity index (χ4n) is 3.24. The first-order valence-corrected chi connectivity index (χ1v) is 9.25. The Bertz CT molecular complexity index is 206. The SMILES string of the molecule is CCCCCCCCCCCCNCC1CCCN1C. The van der Waals surface area contributed by atoms with E-state index >= 15 is 0 Å². The Balaban J connectivity index is 1.72.